The summed E-state index contributed by atoms with van der Waals surface area (Å²) in [6.45, 7) is 14.2. The van der Waals surface area contributed by atoms with Crippen LogP contribution in [0.2, 0.25) is 0 Å². The Morgan fingerprint density at radius 2 is 1.32 bits per heavy atom. The summed E-state index contributed by atoms with van der Waals surface area (Å²) in [6.07, 6.45) is 8.28. The third-order valence-electron chi connectivity index (χ3n) is 13.3. The Bertz CT molecular complexity index is 2450. The van der Waals surface area contributed by atoms with Crippen molar-refractivity contribution in [2.75, 3.05) is 33.9 Å². The number of carbonyl (C=O) groups excluding carboxylic acids is 3. The van der Waals surface area contributed by atoms with Crippen molar-refractivity contribution in [2.45, 2.75) is 96.5 Å². The van der Waals surface area contributed by atoms with Crippen LogP contribution < -0.4 is 20.1 Å². The maximum atomic E-state index is 13.7. The normalized spacial score (nSPS) is 21.2. The van der Waals surface area contributed by atoms with E-state index >= 15 is 0 Å². The number of nitrogens with zero attached hydrogens (tertiary/aromatic N) is 4. The molecule has 5 aliphatic rings. The number of aromatic nitrogens is 4. The number of benzene rings is 2. The molecule has 63 heavy (non-hydrogen) atoms. The fourth-order valence-electron chi connectivity index (χ4n) is 9.83. The number of likely N-dealkylation sites (tertiary alicyclic amines) is 2. The predicted molar refractivity (Wildman–Crippen MR) is 237 cm³/mol. The second-order valence-corrected chi connectivity index (χ2v) is 18.1. The molecule has 3 fully saturated rings. The van der Waals surface area contributed by atoms with E-state index in [9.17, 15) is 14.4 Å². The zero-order valence-electron chi connectivity index (χ0n) is 37.0. The highest BCUT2D eigenvalue weighted by atomic mass is 16.5. The largest absolute Gasteiger partial charge is 0.488 e. The number of amides is 3. The summed E-state index contributed by atoms with van der Waals surface area (Å²) in [4.78, 5) is 58.8. The van der Waals surface area contributed by atoms with Crippen LogP contribution >= 0.6 is 0 Å². The number of hydrogen-bond donors (Lipinski definition) is 4. The van der Waals surface area contributed by atoms with Gasteiger partial charge in [0, 0.05) is 58.1 Å². The van der Waals surface area contributed by atoms with Gasteiger partial charge in [-0.2, -0.15) is 0 Å². The summed E-state index contributed by atoms with van der Waals surface area (Å²) in [6, 6.07) is 11.5. The lowest BCUT2D eigenvalue weighted by molar-refractivity contribution is -0.135. The molecule has 15 nitrogen and oxygen atoms in total. The van der Waals surface area contributed by atoms with Crippen LogP contribution in [0.5, 0.6) is 11.5 Å². The van der Waals surface area contributed by atoms with Gasteiger partial charge in [-0.15, -0.1) is 0 Å². The Morgan fingerprint density at radius 3 is 1.90 bits per heavy atom. The number of fused-ring (bicyclic) bond motifs is 4. The average Bonchev–Trinajstić information content (AvgIpc) is 3.75. The molecular formula is C48H58N8O7. The van der Waals surface area contributed by atoms with Gasteiger partial charge in [-0.1, -0.05) is 58.5 Å². The molecule has 332 valence electrons. The second-order valence-electron chi connectivity index (χ2n) is 18.1. The summed E-state index contributed by atoms with van der Waals surface area (Å²) < 4.78 is 23.2. The molecule has 4 aromatic rings. The molecule has 2 saturated heterocycles. The van der Waals surface area contributed by atoms with Crippen molar-refractivity contribution in [3.8, 4) is 34.0 Å². The molecule has 2 aromatic carbocycles. The van der Waals surface area contributed by atoms with Crippen LogP contribution in [0.3, 0.4) is 0 Å². The van der Waals surface area contributed by atoms with Gasteiger partial charge in [0.15, 0.2) is 0 Å². The van der Waals surface area contributed by atoms with Crippen LogP contribution in [-0.4, -0.2) is 99.9 Å². The van der Waals surface area contributed by atoms with Crippen molar-refractivity contribution < 1.29 is 33.3 Å². The highest BCUT2D eigenvalue weighted by Gasteiger charge is 2.43. The fourth-order valence-corrected chi connectivity index (χ4v) is 9.83. The Labute approximate surface area is 368 Å². The van der Waals surface area contributed by atoms with Crippen molar-refractivity contribution in [3.63, 3.8) is 0 Å². The number of hydrogen-bond acceptors (Lipinski definition) is 10. The number of ether oxygens (including phenoxy) is 4. The average molecular weight is 859 g/mol. The first-order chi connectivity index (χ1) is 30.4. The predicted octanol–water partition coefficient (Wildman–Crippen LogP) is 8.02. The molecule has 15 heteroatoms. The van der Waals surface area contributed by atoms with Crippen molar-refractivity contribution in [1.82, 2.24) is 40.4 Å². The van der Waals surface area contributed by atoms with E-state index in [1.807, 2.05) is 31.1 Å². The van der Waals surface area contributed by atoms with Crippen molar-refractivity contribution >= 4 is 29.2 Å². The lowest BCUT2D eigenvalue weighted by atomic mass is 9.84. The van der Waals surface area contributed by atoms with E-state index < -0.39 is 18.2 Å². The van der Waals surface area contributed by atoms with E-state index in [1.165, 1.54) is 19.8 Å². The van der Waals surface area contributed by atoms with Gasteiger partial charge < -0.3 is 49.3 Å². The minimum absolute atomic E-state index is 0.0113. The van der Waals surface area contributed by atoms with Crippen LogP contribution in [-0.2, 0) is 14.3 Å². The SMILES string of the molecule is C=C([C@@H](NC(=O)OC)C(C)C)N1CCC[C@H]1c1ncc(-c2ccc3c(c2)OC(C2CC2)C2=C3COc3cc(-c4cnc([C@@H]5CCCN5C(=O)[C@@H](NC(=O)OC)C(C)C)[nH]4)ccc32)[nH]1. The number of H-pyrrole nitrogens is 2. The van der Waals surface area contributed by atoms with Gasteiger partial charge in [0.2, 0.25) is 5.91 Å². The van der Waals surface area contributed by atoms with Gasteiger partial charge in [-0.05, 0) is 62.5 Å². The third-order valence-corrected chi connectivity index (χ3v) is 13.3. The van der Waals surface area contributed by atoms with E-state index in [-0.39, 0.29) is 42.0 Å². The van der Waals surface area contributed by atoms with Gasteiger partial charge in [-0.25, -0.2) is 19.6 Å². The quantitative estimate of drug-likeness (QED) is 0.109. The number of rotatable bonds is 12. The molecule has 4 N–H and O–H groups in total. The highest BCUT2D eigenvalue weighted by Crippen LogP contribution is 2.52. The minimum atomic E-state index is -0.699. The van der Waals surface area contributed by atoms with Gasteiger partial charge in [0.05, 0.1) is 56.1 Å². The number of carbonyl (C=O) groups is 3. The molecular weight excluding hydrogens is 801 g/mol. The molecule has 2 aromatic heterocycles. The molecule has 0 radical (unpaired) electrons. The Morgan fingerprint density at radius 1 is 0.762 bits per heavy atom. The lowest BCUT2D eigenvalue weighted by Crippen LogP contribution is -2.51. The maximum absolute atomic E-state index is 13.7. The minimum Gasteiger partial charge on any atom is -0.488 e. The molecule has 1 unspecified atom stereocenters. The molecule has 1 saturated carbocycles. The third kappa shape index (κ3) is 8.02. The number of nitrogens with one attached hydrogen (secondary N) is 4. The second kappa shape index (κ2) is 17.1. The monoisotopic (exact) mass is 858 g/mol. The van der Waals surface area contributed by atoms with E-state index in [0.717, 1.165) is 107 Å². The van der Waals surface area contributed by atoms with Crippen molar-refractivity contribution in [3.05, 3.63) is 83.8 Å². The Balaban J connectivity index is 0.943. The highest BCUT2D eigenvalue weighted by molar-refractivity contribution is 6.00. The van der Waals surface area contributed by atoms with Gasteiger partial charge in [0.1, 0.15) is 41.9 Å². The molecule has 9 rings (SSSR count). The number of alkyl carbamates (subject to hydrolysis) is 2. The van der Waals surface area contributed by atoms with E-state index in [1.54, 1.807) is 0 Å². The van der Waals surface area contributed by atoms with Gasteiger partial charge >= 0.3 is 12.2 Å². The smallest absolute Gasteiger partial charge is 0.407 e. The van der Waals surface area contributed by atoms with Crippen molar-refractivity contribution in [1.29, 1.82) is 0 Å². The first-order valence-corrected chi connectivity index (χ1v) is 22.3. The summed E-state index contributed by atoms with van der Waals surface area (Å²) >= 11 is 0. The van der Waals surface area contributed by atoms with Crippen molar-refractivity contribution in [2.24, 2.45) is 17.8 Å². The van der Waals surface area contributed by atoms with Gasteiger partial charge in [-0.3, -0.25) is 4.79 Å². The first-order valence-electron chi connectivity index (χ1n) is 22.3. The zero-order chi connectivity index (χ0) is 44.1. The first kappa shape index (κ1) is 42.1. The molecule has 0 spiro atoms. The Kier molecular flexibility index (Phi) is 11.4. The number of imidazole rings is 2. The topological polar surface area (TPSA) is 176 Å². The van der Waals surface area contributed by atoms with Crippen LogP contribution in [0, 0.1) is 17.8 Å². The van der Waals surface area contributed by atoms with Crippen LogP contribution in [0.1, 0.15) is 101 Å². The summed E-state index contributed by atoms with van der Waals surface area (Å²) in [5.41, 5.74) is 8.95. The van der Waals surface area contributed by atoms with Crippen LogP contribution in [0.4, 0.5) is 9.59 Å². The van der Waals surface area contributed by atoms with E-state index in [4.69, 9.17) is 28.9 Å². The maximum Gasteiger partial charge on any atom is 0.407 e. The number of methoxy groups -OCH3 is 2. The summed E-state index contributed by atoms with van der Waals surface area (Å²) in [5, 5.41) is 5.68. The lowest BCUT2D eigenvalue weighted by Gasteiger charge is -2.35. The standard InChI is InChI=1S/C48H58N8O7/c1-25(2)41(53-47(58)60-6)27(5)55-18-8-10-36(55)44-49-23-35(51-44)30-14-16-31-33-24-62-38-20-29(15-17-32(38)40(33)43(28-12-13-28)63-39(31)21-30)34-22-50-45(52-34)37-11-9-19-56(37)46(57)42(26(3)4)54-48(59)61-7/h14-17,20-23,25-26,28,36-37,41-43H,5,8-13,18-19,24H2,1-4,6-7H3,(H,49,51)(H,50,52)(H,53,58)(H,54,59)/t36-,37-,41-,42-,43?/m0/s1. The molecule has 6 heterocycles. The summed E-state index contributed by atoms with van der Waals surface area (Å²) in [5.74, 6) is 3.53. The van der Waals surface area contributed by atoms with E-state index in [0.29, 0.717) is 24.9 Å². The fraction of sp³-hybridized carbons (Fsp3) is 0.479. The van der Waals surface area contributed by atoms with Gasteiger partial charge in [0.25, 0.3) is 0 Å². The molecule has 1 aliphatic carbocycles. The van der Waals surface area contributed by atoms with Crippen LogP contribution in [0.25, 0.3) is 33.7 Å². The zero-order valence-corrected chi connectivity index (χ0v) is 37.0. The molecule has 0 bridgehead atoms. The summed E-state index contributed by atoms with van der Waals surface area (Å²) in [7, 11) is 2.67. The molecule has 3 amide bonds. The van der Waals surface area contributed by atoms with E-state index in [2.05, 4.69) is 82.3 Å². The van der Waals surface area contributed by atoms with Crippen LogP contribution in [0.15, 0.2) is 61.1 Å². The Hall–Kier alpha value is -6.25. The molecule has 5 atom stereocenters. The molecule has 4 aliphatic heterocycles. The number of aromatic amines is 2.